The Hall–Kier alpha value is -1.31. The molecule has 1 rings (SSSR count). The van der Waals surface area contributed by atoms with Crippen LogP contribution in [0.5, 0.6) is 0 Å². The molecule has 0 aromatic carbocycles. The molecule has 1 heterocycles. The first-order chi connectivity index (χ1) is 10.1. The van der Waals surface area contributed by atoms with Crippen molar-refractivity contribution in [2.24, 2.45) is 10.4 Å². The van der Waals surface area contributed by atoms with E-state index in [0.29, 0.717) is 23.9 Å². The van der Waals surface area contributed by atoms with Gasteiger partial charge in [0.1, 0.15) is 0 Å². The van der Waals surface area contributed by atoms with Crippen LogP contribution in [0.25, 0.3) is 0 Å². The molecule has 22 heavy (non-hydrogen) atoms. The molecule has 0 aliphatic heterocycles. The van der Waals surface area contributed by atoms with Gasteiger partial charge >= 0.3 is 6.18 Å². The lowest BCUT2D eigenvalue weighted by Gasteiger charge is -2.19. The number of guanidine groups is 1. The molecule has 0 fully saturated rings. The predicted octanol–water partition coefficient (Wildman–Crippen LogP) is 3.31. The Bertz CT molecular complexity index is 489. The first kappa shape index (κ1) is 18.7. The average molecular weight is 336 g/mol. The van der Waals surface area contributed by atoms with Crippen LogP contribution in [0.2, 0.25) is 0 Å². The third-order valence-corrected chi connectivity index (χ3v) is 3.77. The van der Waals surface area contributed by atoms with E-state index in [2.05, 4.69) is 41.4 Å². The van der Waals surface area contributed by atoms with Crippen molar-refractivity contribution < 1.29 is 13.2 Å². The number of aromatic nitrogens is 1. The van der Waals surface area contributed by atoms with Gasteiger partial charge < -0.3 is 10.6 Å². The number of nitrogens with one attached hydrogen (secondary N) is 2. The molecule has 0 bridgehead atoms. The summed E-state index contributed by atoms with van der Waals surface area (Å²) in [6, 6.07) is 0. The van der Waals surface area contributed by atoms with E-state index in [1.54, 1.807) is 7.05 Å². The van der Waals surface area contributed by atoms with Gasteiger partial charge in [-0.2, -0.15) is 13.2 Å². The average Bonchev–Trinajstić information content (AvgIpc) is 2.84. The van der Waals surface area contributed by atoms with Crippen LogP contribution in [0.1, 0.15) is 37.9 Å². The molecule has 0 spiro atoms. The summed E-state index contributed by atoms with van der Waals surface area (Å²) >= 11 is 1.03. The lowest BCUT2D eigenvalue weighted by Crippen LogP contribution is -2.39. The highest BCUT2D eigenvalue weighted by molar-refractivity contribution is 7.09. The Kier molecular flexibility index (Phi) is 6.65. The quantitative estimate of drug-likeness (QED) is 0.641. The number of nitrogens with zero attached hydrogens (tertiary/aromatic N) is 2. The molecular weight excluding hydrogens is 313 g/mol. The topological polar surface area (TPSA) is 49.3 Å². The van der Waals surface area contributed by atoms with E-state index in [1.165, 1.54) is 0 Å². The van der Waals surface area contributed by atoms with Crippen LogP contribution in [0.3, 0.4) is 0 Å². The molecule has 8 heteroatoms. The molecule has 2 N–H and O–H groups in total. The van der Waals surface area contributed by atoms with Crippen molar-refractivity contribution in [3.05, 3.63) is 16.1 Å². The van der Waals surface area contributed by atoms with Crippen LogP contribution in [-0.4, -0.2) is 31.1 Å². The second kappa shape index (κ2) is 7.80. The standard InChI is InChI=1S/C14H23F3N4S/c1-13(2,3)6-8-20-12(18-4)19-7-5-11-21-10(9-22-11)14(15,16)17/h9H,5-8H2,1-4H3,(H2,18,19,20). The van der Waals surface area contributed by atoms with Crippen LogP contribution in [-0.2, 0) is 12.6 Å². The largest absolute Gasteiger partial charge is 0.434 e. The van der Waals surface area contributed by atoms with Gasteiger partial charge in [0.2, 0.25) is 0 Å². The second-order valence-electron chi connectivity index (χ2n) is 6.11. The molecule has 0 saturated heterocycles. The molecule has 0 atom stereocenters. The van der Waals surface area contributed by atoms with E-state index < -0.39 is 11.9 Å². The van der Waals surface area contributed by atoms with Gasteiger partial charge in [0.25, 0.3) is 0 Å². The number of hydrogen-bond donors (Lipinski definition) is 2. The minimum atomic E-state index is -4.37. The van der Waals surface area contributed by atoms with Gasteiger partial charge in [0.15, 0.2) is 11.7 Å². The zero-order valence-corrected chi connectivity index (χ0v) is 14.2. The van der Waals surface area contributed by atoms with Crippen LogP contribution >= 0.6 is 11.3 Å². The highest BCUT2D eigenvalue weighted by atomic mass is 32.1. The minimum Gasteiger partial charge on any atom is -0.356 e. The highest BCUT2D eigenvalue weighted by Crippen LogP contribution is 2.29. The van der Waals surface area contributed by atoms with Crippen molar-refractivity contribution >= 4 is 17.3 Å². The summed E-state index contributed by atoms with van der Waals surface area (Å²) in [5.74, 6) is 0.650. The van der Waals surface area contributed by atoms with Gasteiger partial charge in [-0.25, -0.2) is 4.98 Å². The van der Waals surface area contributed by atoms with Gasteiger partial charge in [0, 0.05) is 31.9 Å². The highest BCUT2D eigenvalue weighted by Gasteiger charge is 2.33. The molecule has 0 saturated carbocycles. The number of rotatable bonds is 5. The summed E-state index contributed by atoms with van der Waals surface area (Å²) in [5, 5.41) is 7.77. The van der Waals surface area contributed by atoms with Gasteiger partial charge in [-0.3, -0.25) is 4.99 Å². The molecule has 4 nitrogen and oxygen atoms in total. The van der Waals surface area contributed by atoms with Gasteiger partial charge in [-0.1, -0.05) is 20.8 Å². The van der Waals surface area contributed by atoms with Gasteiger partial charge in [-0.05, 0) is 11.8 Å². The summed E-state index contributed by atoms with van der Waals surface area (Å²) in [6.45, 7) is 7.75. The smallest absolute Gasteiger partial charge is 0.356 e. The Morgan fingerprint density at radius 1 is 1.23 bits per heavy atom. The molecule has 126 valence electrons. The lowest BCUT2D eigenvalue weighted by molar-refractivity contribution is -0.140. The molecule has 0 aliphatic rings. The van der Waals surface area contributed by atoms with Crippen LogP contribution in [0.15, 0.2) is 10.4 Å². The molecule has 0 aliphatic carbocycles. The van der Waals surface area contributed by atoms with Crippen molar-refractivity contribution in [2.45, 2.75) is 39.8 Å². The SMILES string of the molecule is CN=C(NCCc1nc(C(F)(F)F)cs1)NCCC(C)(C)C. The van der Waals surface area contributed by atoms with E-state index in [-0.39, 0.29) is 5.41 Å². The lowest BCUT2D eigenvalue weighted by atomic mass is 9.92. The number of thiazole rings is 1. The summed E-state index contributed by atoms with van der Waals surface area (Å²) in [4.78, 5) is 7.67. The third-order valence-electron chi connectivity index (χ3n) is 2.86. The fraction of sp³-hybridized carbons (Fsp3) is 0.714. The summed E-state index contributed by atoms with van der Waals surface area (Å²) in [5.41, 5.74) is -0.582. The Balaban J connectivity index is 2.34. The molecule has 0 radical (unpaired) electrons. The van der Waals surface area contributed by atoms with Crippen molar-refractivity contribution in [2.75, 3.05) is 20.1 Å². The molecule has 1 aromatic rings. The van der Waals surface area contributed by atoms with Gasteiger partial charge in [0.05, 0.1) is 5.01 Å². The maximum atomic E-state index is 12.4. The van der Waals surface area contributed by atoms with Crippen molar-refractivity contribution in [3.8, 4) is 0 Å². The van der Waals surface area contributed by atoms with E-state index >= 15 is 0 Å². The van der Waals surface area contributed by atoms with Gasteiger partial charge in [-0.15, -0.1) is 11.3 Å². The molecule has 0 amide bonds. The van der Waals surface area contributed by atoms with Crippen molar-refractivity contribution in [1.82, 2.24) is 15.6 Å². The van der Waals surface area contributed by atoms with Crippen LogP contribution in [0.4, 0.5) is 13.2 Å². The number of halogens is 3. The monoisotopic (exact) mass is 336 g/mol. The normalized spacial score (nSPS) is 13.3. The maximum absolute atomic E-state index is 12.4. The summed E-state index contributed by atoms with van der Waals surface area (Å²) < 4.78 is 37.3. The zero-order valence-electron chi connectivity index (χ0n) is 13.3. The summed E-state index contributed by atoms with van der Waals surface area (Å²) in [6.07, 6.45) is -2.94. The maximum Gasteiger partial charge on any atom is 0.434 e. The molecule has 0 unspecified atom stereocenters. The minimum absolute atomic E-state index is 0.237. The molecular formula is C14H23F3N4S. The van der Waals surface area contributed by atoms with Crippen LogP contribution in [0, 0.1) is 5.41 Å². The second-order valence-corrected chi connectivity index (χ2v) is 7.05. The van der Waals surface area contributed by atoms with Crippen molar-refractivity contribution in [1.29, 1.82) is 0 Å². The van der Waals surface area contributed by atoms with Crippen molar-refractivity contribution in [3.63, 3.8) is 0 Å². The Morgan fingerprint density at radius 2 is 1.86 bits per heavy atom. The number of aliphatic imine (C=N–C) groups is 1. The van der Waals surface area contributed by atoms with E-state index in [4.69, 9.17) is 0 Å². The Labute approximate surface area is 133 Å². The zero-order chi connectivity index (χ0) is 16.8. The predicted molar refractivity (Wildman–Crippen MR) is 84.3 cm³/mol. The van der Waals surface area contributed by atoms with E-state index in [0.717, 1.165) is 29.7 Å². The fourth-order valence-corrected chi connectivity index (χ4v) is 2.43. The third kappa shape index (κ3) is 7.11. The number of hydrogen-bond acceptors (Lipinski definition) is 3. The first-order valence-corrected chi connectivity index (χ1v) is 7.96. The van der Waals surface area contributed by atoms with Crippen LogP contribution < -0.4 is 10.6 Å². The number of alkyl halides is 3. The molecule has 1 aromatic heterocycles. The Morgan fingerprint density at radius 3 is 2.36 bits per heavy atom. The van der Waals surface area contributed by atoms with E-state index in [9.17, 15) is 13.2 Å². The summed E-state index contributed by atoms with van der Waals surface area (Å²) in [7, 11) is 1.66. The fourth-order valence-electron chi connectivity index (χ4n) is 1.62. The first-order valence-electron chi connectivity index (χ1n) is 7.08. The van der Waals surface area contributed by atoms with E-state index in [1.807, 2.05) is 0 Å².